The summed E-state index contributed by atoms with van der Waals surface area (Å²) in [6.45, 7) is 2.26. The zero-order chi connectivity index (χ0) is 19.1. The van der Waals surface area contributed by atoms with E-state index in [-0.39, 0.29) is 0 Å². The Kier molecular flexibility index (Phi) is 4.31. The summed E-state index contributed by atoms with van der Waals surface area (Å²) < 4.78 is 0. The molecule has 1 unspecified atom stereocenters. The van der Waals surface area contributed by atoms with Gasteiger partial charge in [-0.2, -0.15) is 0 Å². The van der Waals surface area contributed by atoms with Crippen molar-refractivity contribution in [2.24, 2.45) is 0 Å². The zero-order valence-corrected chi connectivity index (χ0v) is 16.8. The van der Waals surface area contributed by atoms with Crippen LogP contribution in [-0.4, -0.2) is 11.9 Å². The molecule has 0 spiro atoms. The Morgan fingerprint density at radius 3 is 2.71 bits per heavy atom. The van der Waals surface area contributed by atoms with Gasteiger partial charge < -0.3 is 4.90 Å². The molecule has 1 aliphatic heterocycles. The first-order valence-electron chi connectivity index (χ1n) is 10.4. The molecule has 1 heteroatoms. The second-order valence-corrected chi connectivity index (χ2v) is 8.36. The average molecular weight is 366 g/mol. The highest BCUT2D eigenvalue weighted by Crippen LogP contribution is 2.34. The van der Waals surface area contributed by atoms with E-state index >= 15 is 0 Å². The predicted octanol–water partition coefficient (Wildman–Crippen LogP) is 6.31. The molecule has 0 fully saturated rings. The van der Waals surface area contributed by atoms with E-state index < -0.39 is 0 Å². The molecule has 0 aromatic heterocycles. The van der Waals surface area contributed by atoms with Gasteiger partial charge in [0.1, 0.15) is 0 Å². The number of likely N-dealkylation sites (N-methyl/N-ethyl adjacent to an activating group) is 1. The highest BCUT2D eigenvalue weighted by molar-refractivity contribution is 5.87. The number of fused-ring (bicyclic) bond motifs is 5. The van der Waals surface area contributed by atoms with Crippen LogP contribution in [0.1, 0.15) is 40.3 Å². The van der Waals surface area contributed by atoms with Crippen LogP contribution in [0.2, 0.25) is 0 Å². The summed E-state index contributed by atoms with van der Waals surface area (Å²) in [5, 5.41) is 2.79. The summed E-state index contributed by atoms with van der Waals surface area (Å²) in [6.07, 6.45) is 11.4. The quantitative estimate of drug-likeness (QED) is 0.451. The van der Waals surface area contributed by atoms with Crippen molar-refractivity contribution in [3.8, 4) is 0 Å². The fourth-order valence-corrected chi connectivity index (χ4v) is 4.78. The summed E-state index contributed by atoms with van der Waals surface area (Å²) >= 11 is 0. The zero-order valence-electron chi connectivity index (χ0n) is 16.8. The molecule has 0 saturated heterocycles. The van der Waals surface area contributed by atoms with Gasteiger partial charge in [-0.3, -0.25) is 0 Å². The maximum absolute atomic E-state index is 2.46. The molecule has 6 bridgehead atoms. The van der Waals surface area contributed by atoms with Crippen molar-refractivity contribution in [2.75, 3.05) is 7.05 Å². The largest absolute Gasteiger partial charge is 0.370 e. The maximum Gasteiger partial charge on any atom is 0.0726 e. The highest BCUT2D eigenvalue weighted by Gasteiger charge is 2.20. The van der Waals surface area contributed by atoms with Gasteiger partial charge in [0.05, 0.1) is 6.04 Å². The van der Waals surface area contributed by atoms with Gasteiger partial charge in [0.15, 0.2) is 0 Å². The molecule has 0 radical (unpaired) electrons. The third kappa shape index (κ3) is 3.16. The molecule has 3 aromatic carbocycles. The first kappa shape index (κ1) is 17.3. The molecule has 0 amide bonds. The van der Waals surface area contributed by atoms with Crippen molar-refractivity contribution in [1.29, 1.82) is 0 Å². The van der Waals surface area contributed by atoms with Gasteiger partial charge >= 0.3 is 0 Å². The van der Waals surface area contributed by atoms with E-state index in [9.17, 15) is 0 Å². The Balaban J connectivity index is 1.70. The minimum atomic E-state index is 0.295. The van der Waals surface area contributed by atoms with E-state index in [1.807, 2.05) is 0 Å². The average Bonchev–Trinajstić information content (AvgIpc) is 2.69. The lowest BCUT2D eigenvalue weighted by Gasteiger charge is -2.30. The number of aryl methyl sites for hydroxylation is 3. The first-order chi connectivity index (χ1) is 13.7. The lowest BCUT2D eigenvalue weighted by molar-refractivity contribution is 0.386. The smallest absolute Gasteiger partial charge is 0.0726 e. The van der Waals surface area contributed by atoms with E-state index in [0.717, 1.165) is 19.3 Å². The van der Waals surface area contributed by atoms with E-state index in [2.05, 4.69) is 91.8 Å². The summed E-state index contributed by atoms with van der Waals surface area (Å²) in [4.78, 5) is 2.34. The molecular weight excluding hydrogens is 338 g/mol. The highest BCUT2D eigenvalue weighted by atomic mass is 15.1. The Hall–Kier alpha value is -2.80. The van der Waals surface area contributed by atoms with Crippen LogP contribution in [0.4, 0.5) is 0 Å². The van der Waals surface area contributed by atoms with Crippen LogP contribution in [0.25, 0.3) is 10.8 Å². The lowest BCUT2D eigenvalue weighted by atomic mass is 9.89. The normalized spacial score (nSPS) is 18.9. The number of rotatable bonds is 0. The van der Waals surface area contributed by atoms with Gasteiger partial charge in [0.25, 0.3) is 0 Å². The molecule has 140 valence electrons. The van der Waals surface area contributed by atoms with E-state index in [0.29, 0.717) is 6.04 Å². The van der Waals surface area contributed by atoms with Crippen LogP contribution in [0, 0.1) is 6.92 Å². The molecule has 5 rings (SSSR count). The maximum atomic E-state index is 2.46. The molecule has 0 N–H and O–H groups in total. The second-order valence-electron chi connectivity index (χ2n) is 8.36. The molecule has 1 aliphatic carbocycles. The van der Waals surface area contributed by atoms with E-state index in [4.69, 9.17) is 0 Å². The predicted molar refractivity (Wildman–Crippen MR) is 119 cm³/mol. The Morgan fingerprint density at radius 2 is 1.79 bits per heavy atom. The molecule has 3 aromatic rings. The van der Waals surface area contributed by atoms with Crippen LogP contribution < -0.4 is 0 Å². The number of nitrogens with zero attached hydrogens (tertiary/aromatic N) is 1. The topological polar surface area (TPSA) is 3.24 Å². The summed E-state index contributed by atoms with van der Waals surface area (Å²) in [5.74, 6) is 0. The number of allylic oxidation sites excluding steroid dienone is 2. The molecule has 28 heavy (non-hydrogen) atoms. The van der Waals surface area contributed by atoms with Gasteiger partial charge in [-0.25, -0.2) is 0 Å². The second kappa shape index (κ2) is 6.98. The SMILES string of the molecule is Cc1cc2cccc3c2cc1C1C=C(C=CN1C)Cc1cccc(c1)CCC3. The van der Waals surface area contributed by atoms with Crippen LogP contribution >= 0.6 is 0 Å². The Bertz CT molecular complexity index is 1100. The monoisotopic (exact) mass is 365 g/mol. The Labute approximate surface area is 168 Å². The van der Waals surface area contributed by atoms with Crippen molar-refractivity contribution in [1.82, 2.24) is 4.90 Å². The van der Waals surface area contributed by atoms with E-state index in [1.165, 1.54) is 50.6 Å². The standard InChI is InChI=1S/C27H27N/c1-19-14-24-11-5-10-23-9-4-7-20-6-3-8-21(15-20)16-22-12-13-28(2)27(17-22)25(19)18-26(23)24/h3,5-6,8,10-15,17-18,27H,4,7,9,16H2,1-2H3. The minimum absolute atomic E-state index is 0.295. The van der Waals surface area contributed by atoms with Crippen molar-refractivity contribution < 1.29 is 0 Å². The molecule has 1 nitrogen and oxygen atoms in total. The van der Waals surface area contributed by atoms with Crippen molar-refractivity contribution in [2.45, 2.75) is 38.6 Å². The van der Waals surface area contributed by atoms with Gasteiger partial charge in [-0.05, 0) is 95.1 Å². The fourth-order valence-electron chi connectivity index (χ4n) is 4.78. The van der Waals surface area contributed by atoms with Gasteiger partial charge in [0.2, 0.25) is 0 Å². The summed E-state index contributed by atoms with van der Waals surface area (Å²) in [7, 11) is 2.19. The molecule has 1 heterocycles. The van der Waals surface area contributed by atoms with Crippen LogP contribution in [-0.2, 0) is 19.3 Å². The third-order valence-electron chi connectivity index (χ3n) is 6.32. The third-order valence-corrected chi connectivity index (χ3v) is 6.32. The number of hydrogen-bond acceptors (Lipinski definition) is 1. The van der Waals surface area contributed by atoms with Gasteiger partial charge in [-0.1, -0.05) is 54.6 Å². The molecular formula is C27H27N. The summed E-state index contributed by atoms with van der Waals surface area (Å²) in [5.41, 5.74) is 8.56. The van der Waals surface area contributed by atoms with Crippen LogP contribution in [0.3, 0.4) is 0 Å². The fraction of sp³-hybridized carbons (Fsp3) is 0.259. The van der Waals surface area contributed by atoms with Gasteiger partial charge in [0, 0.05) is 7.05 Å². The Morgan fingerprint density at radius 1 is 0.929 bits per heavy atom. The van der Waals surface area contributed by atoms with Crippen molar-refractivity contribution >= 4 is 10.8 Å². The minimum Gasteiger partial charge on any atom is -0.370 e. The number of benzene rings is 3. The molecule has 0 saturated carbocycles. The molecule has 2 aliphatic rings. The van der Waals surface area contributed by atoms with Gasteiger partial charge in [-0.15, -0.1) is 0 Å². The first-order valence-corrected chi connectivity index (χ1v) is 10.4. The van der Waals surface area contributed by atoms with E-state index in [1.54, 1.807) is 0 Å². The van der Waals surface area contributed by atoms with Crippen LogP contribution in [0.15, 0.2) is 78.5 Å². The lowest BCUT2D eigenvalue weighted by Crippen LogP contribution is -2.21. The van der Waals surface area contributed by atoms with Crippen molar-refractivity contribution in [3.05, 3.63) is 106 Å². The van der Waals surface area contributed by atoms with Crippen molar-refractivity contribution in [3.63, 3.8) is 0 Å². The summed E-state index contributed by atoms with van der Waals surface area (Å²) in [6, 6.07) is 21.1. The van der Waals surface area contributed by atoms with Crippen LogP contribution in [0.5, 0.6) is 0 Å². The number of hydrogen-bond donors (Lipinski definition) is 0. The molecule has 1 atom stereocenters.